The van der Waals surface area contributed by atoms with Gasteiger partial charge in [-0.15, -0.1) is 0 Å². The van der Waals surface area contributed by atoms with Gasteiger partial charge >= 0.3 is 5.97 Å². The highest BCUT2D eigenvalue weighted by Crippen LogP contribution is 2.13. The molecule has 18 heavy (non-hydrogen) atoms. The maximum Gasteiger partial charge on any atom is 0.321 e. The van der Waals surface area contributed by atoms with E-state index in [0.717, 1.165) is 25.7 Å². The molecule has 1 aliphatic heterocycles. The van der Waals surface area contributed by atoms with Crippen LogP contribution in [0.1, 0.15) is 45.4 Å². The Morgan fingerprint density at radius 1 is 1.33 bits per heavy atom. The van der Waals surface area contributed by atoms with Gasteiger partial charge < -0.3 is 5.11 Å². The molecule has 1 aliphatic rings. The number of piperidine rings is 1. The third kappa shape index (κ3) is 4.55. The lowest BCUT2D eigenvalue weighted by atomic mass is 10.1. The van der Waals surface area contributed by atoms with Crippen LogP contribution in [0, 0.1) is 0 Å². The number of rotatable bonds is 7. The largest absolute Gasteiger partial charge is 0.480 e. The quantitative estimate of drug-likeness (QED) is 0.726. The average Bonchev–Trinajstić information content (AvgIpc) is 2.35. The van der Waals surface area contributed by atoms with Crippen molar-refractivity contribution in [3.8, 4) is 0 Å². The fourth-order valence-corrected chi connectivity index (χ4v) is 3.47. The Kier molecular flexibility index (Phi) is 6.04. The van der Waals surface area contributed by atoms with Gasteiger partial charge in [0.1, 0.15) is 6.04 Å². The number of nitrogens with one attached hydrogen (secondary N) is 1. The third-order valence-corrected chi connectivity index (χ3v) is 4.72. The van der Waals surface area contributed by atoms with Crippen LogP contribution in [0.4, 0.5) is 0 Å². The van der Waals surface area contributed by atoms with Crippen molar-refractivity contribution in [2.45, 2.75) is 51.5 Å². The van der Waals surface area contributed by atoms with Crippen LogP contribution >= 0.6 is 0 Å². The summed E-state index contributed by atoms with van der Waals surface area (Å²) in [4.78, 5) is 11.0. The van der Waals surface area contributed by atoms with Crippen LogP contribution in [-0.2, 0) is 15.0 Å². The maximum absolute atomic E-state index is 12.0. The van der Waals surface area contributed by atoms with E-state index in [1.165, 1.54) is 4.31 Å². The molecule has 6 nitrogen and oxygen atoms in total. The summed E-state index contributed by atoms with van der Waals surface area (Å²) in [6.45, 7) is 2.91. The molecule has 7 heteroatoms. The first kappa shape index (κ1) is 15.4. The number of carbonyl (C=O) groups is 1. The second-order valence-corrected chi connectivity index (χ2v) is 6.32. The van der Waals surface area contributed by atoms with Crippen LogP contribution in [0.25, 0.3) is 0 Å². The number of nitrogens with zero attached hydrogens (tertiary/aromatic N) is 1. The summed E-state index contributed by atoms with van der Waals surface area (Å²) in [5, 5.41) is 9.02. The third-order valence-electron chi connectivity index (χ3n) is 3.09. The van der Waals surface area contributed by atoms with E-state index >= 15 is 0 Å². The second-order valence-electron chi connectivity index (χ2n) is 4.62. The first-order valence-corrected chi connectivity index (χ1v) is 7.91. The minimum Gasteiger partial charge on any atom is -0.480 e. The zero-order valence-corrected chi connectivity index (χ0v) is 11.6. The van der Waals surface area contributed by atoms with Crippen molar-refractivity contribution in [3.05, 3.63) is 0 Å². The van der Waals surface area contributed by atoms with Gasteiger partial charge in [0.05, 0.1) is 0 Å². The van der Waals surface area contributed by atoms with Crippen molar-refractivity contribution in [1.29, 1.82) is 0 Å². The molecule has 1 heterocycles. The van der Waals surface area contributed by atoms with Crippen LogP contribution in [0.2, 0.25) is 0 Å². The summed E-state index contributed by atoms with van der Waals surface area (Å²) in [5.74, 6) is -1.11. The molecule has 1 fully saturated rings. The van der Waals surface area contributed by atoms with E-state index < -0.39 is 22.2 Å². The van der Waals surface area contributed by atoms with Crippen molar-refractivity contribution in [3.63, 3.8) is 0 Å². The number of aliphatic carboxylic acids is 1. The highest BCUT2D eigenvalue weighted by molar-refractivity contribution is 7.87. The molecular weight excluding hydrogens is 256 g/mol. The van der Waals surface area contributed by atoms with E-state index in [2.05, 4.69) is 4.72 Å². The zero-order valence-electron chi connectivity index (χ0n) is 10.8. The second kappa shape index (κ2) is 7.06. The van der Waals surface area contributed by atoms with Crippen LogP contribution < -0.4 is 4.72 Å². The molecule has 0 aromatic carbocycles. The number of hydrogen-bond donors (Lipinski definition) is 2. The Balaban J connectivity index is 2.62. The Morgan fingerprint density at radius 3 is 2.44 bits per heavy atom. The Morgan fingerprint density at radius 2 is 1.94 bits per heavy atom. The molecule has 0 aliphatic carbocycles. The van der Waals surface area contributed by atoms with E-state index in [-0.39, 0.29) is 0 Å². The average molecular weight is 278 g/mol. The molecule has 0 spiro atoms. The summed E-state index contributed by atoms with van der Waals surface area (Å²) >= 11 is 0. The van der Waals surface area contributed by atoms with Crippen LogP contribution in [0.5, 0.6) is 0 Å². The molecule has 0 unspecified atom stereocenters. The van der Waals surface area contributed by atoms with Gasteiger partial charge in [-0.25, -0.2) is 0 Å². The van der Waals surface area contributed by atoms with Crippen molar-refractivity contribution >= 4 is 16.2 Å². The minimum absolute atomic E-state index is 0.332. The van der Waals surface area contributed by atoms with E-state index in [4.69, 9.17) is 5.11 Å². The number of unbranched alkanes of at least 4 members (excludes halogenated alkanes) is 1. The summed E-state index contributed by atoms with van der Waals surface area (Å²) in [5.41, 5.74) is 0. The van der Waals surface area contributed by atoms with Gasteiger partial charge in [0.2, 0.25) is 0 Å². The molecule has 0 radical (unpaired) electrons. The monoisotopic (exact) mass is 278 g/mol. The van der Waals surface area contributed by atoms with Gasteiger partial charge in [0, 0.05) is 13.1 Å². The van der Waals surface area contributed by atoms with Crippen LogP contribution in [0.15, 0.2) is 0 Å². The molecule has 2 N–H and O–H groups in total. The standard InChI is InChI=1S/C11H22N2O4S/c1-2-3-7-10(11(14)15)12-18(16,17)13-8-5-4-6-9-13/h10,12H,2-9H2,1H3,(H,14,15)/t10-/m0/s1. The van der Waals surface area contributed by atoms with E-state index in [0.29, 0.717) is 25.9 Å². The van der Waals surface area contributed by atoms with Crippen molar-refractivity contribution in [1.82, 2.24) is 9.03 Å². The summed E-state index contributed by atoms with van der Waals surface area (Å²) < 4.78 is 27.7. The number of hydrogen-bond acceptors (Lipinski definition) is 3. The molecular formula is C11H22N2O4S. The molecule has 1 rings (SSSR count). The lowest BCUT2D eigenvalue weighted by Gasteiger charge is -2.27. The molecule has 0 bridgehead atoms. The van der Waals surface area contributed by atoms with Gasteiger partial charge in [-0.1, -0.05) is 26.2 Å². The topological polar surface area (TPSA) is 86.7 Å². The summed E-state index contributed by atoms with van der Waals surface area (Å²) in [6, 6.07) is -1.02. The predicted molar refractivity (Wildman–Crippen MR) is 68.4 cm³/mol. The SMILES string of the molecule is CCCC[C@H](NS(=O)(=O)N1CCCCC1)C(=O)O. The lowest BCUT2D eigenvalue weighted by Crippen LogP contribution is -2.49. The fourth-order valence-electron chi connectivity index (χ4n) is 2.00. The van der Waals surface area contributed by atoms with Gasteiger partial charge in [0.25, 0.3) is 10.2 Å². The van der Waals surface area contributed by atoms with E-state index in [9.17, 15) is 13.2 Å². The van der Waals surface area contributed by atoms with Crippen molar-refractivity contribution < 1.29 is 18.3 Å². The van der Waals surface area contributed by atoms with Crippen LogP contribution in [0.3, 0.4) is 0 Å². The van der Waals surface area contributed by atoms with Gasteiger partial charge in [-0.2, -0.15) is 17.4 Å². The Bertz CT molecular complexity index is 363. The number of carboxylic acid groups (broad SMARTS) is 1. The maximum atomic E-state index is 12.0. The highest BCUT2D eigenvalue weighted by Gasteiger charge is 2.29. The molecule has 106 valence electrons. The highest BCUT2D eigenvalue weighted by atomic mass is 32.2. The smallest absolute Gasteiger partial charge is 0.321 e. The van der Waals surface area contributed by atoms with Crippen LogP contribution in [-0.4, -0.2) is 42.9 Å². The zero-order chi connectivity index (χ0) is 13.6. The lowest BCUT2D eigenvalue weighted by molar-refractivity contribution is -0.139. The van der Waals surface area contributed by atoms with E-state index in [1.807, 2.05) is 6.92 Å². The Labute approximate surface area is 109 Å². The molecule has 0 saturated carbocycles. The predicted octanol–water partition coefficient (Wildman–Crippen LogP) is 0.950. The van der Waals surface area contributed by atoms with Gasteiger partial charge in [-0.3, -0.25) is 4.79 Å². The molecule has 0 amide bonds. The van der Waals surface area contributed by atoms with Gasteiger partial charge in [-0.05, 0) is 19.3 Å². The summed E-state index contributed by atoms with van der Waals surface area (Å²) in [7, 11) is -3.66. The molecule has 1 saturated heterocycles. The van der Waals surface area contributed by atoms with E-state index in [1.54, 1.807) is 0 Å². The molecule has 1 atom stereocenters. The minimum atomic E-state index is -3.66. The first-order chi connectivity index (χ1) is 8.47. The Hall–Kier alpha value is -0.660. The summed E-state index contributed by atoms with van der Waals surface area (Å²) in [6.07, 6.45) is 4.58. The number of carboxylic acids is 1. The van der Waals surface area contributed by atoms with Gasteiger partial charge in [0.15, 0.2) is 0 Å². The van der Waals surface area contributed by atoms with Crippen molar-refractivity contribution in [2.24, 2.45) is 0 Å². The molecule has 0 aromatic rings. The van der Waals surface area contributed by atoms with Crippen molar-refractivity contribution in [2.75, 3.05) is 13.1 Å². The first-order valence-electron chi connectivity index (χ1n) is 6.47. The molecule has 0 aromatic heterocycles. The fraction of sp³-hybridized carbons (Fsp3) is 0.909. The normalized spacial score (nSPS) is 19.6.